The summed E-state index contributed by atoms with van der Waals surface area (Å²) in [7, 11) is 0. The first kappa shape index (κ1) is 20.4. The first-order chi connectivity index (χ1) is 12.8. The van der Waals surface area contributed by atoms with Crippen LogP contribution in [0.2, 0.25) is 0 Å². The lowest BCUT2D eigenvalue weighted by Gasteiger charge is -2.29. The minimum Gasteiger partial charge on any atom is -0.443 e. The fraction of sp³-hybridized carbons (Fsp3) is 0.304. The van der Waals surface area contributed by atoms with Crippen LogP contribution >= 0.6 is 0 Å². The van der Waals surface area contributed by atoms with E-state index in [4.69, 9.17) is 4.74 Å². The van der Waals surface area contributed by atoms with Crippen molar-refractivity contribution in [3.63, 3.8) is 0 Å². The van der Waals surface area contributed by atoms with Gasteiger partial charge in [-0.25, -0.2) is 9.69 Å². The van der Waals surface area contributed by atoms with Gasteiger partial charge >= 0.3 is 6.09 Å². The Kier molecular flexibility index (Phi) is 6.94. The molecule has 2 amide bonds. The van der Waals surface area contributed by atoms with Crippen molar-refractivity contribution >= 4 is 12.5 Å². The molecule has 0 bridgehead atoms. The molecule has 0 fully saturated rings. The SMILES string of the molecule is C=CC[C@@H](Cc1ccc(-c2ccccc2)cc1)N(C=O)C(=O)OC(C)(C)C. The zero-order valence-corrected chi connectivity index (χ0v) is 16.2. The van der Waals surface area contributed by atoms with Crippen molar-refractivity contribution in [2.24, 2.45) is 0 Å². The molecule has 0 unspecified atom stereocenters. The van der Waals surface area contributed by atoms with Gasteiger partial charge in [0.15, 0.2) is 0 Å². The largest absolute Gasteiger partial charge is 0.443 e. The molecule has 0 aliphatic carbocycles. The van der Waals surface area contributed by atoms with E-state index < -0.39 is 11.7 Å². The van der Waals surface area contributed by atoms with Crippen molar-refractivity contribution in [1.82, 2.24) is 4.90 Å². The van der Waals surface area contributed by atoms with E-state index in [-0.39, 0.29) is 6.04 Å². The topological polar surface area (TPSA) is 46.6 Å². The number of rotatable bonds is 7. The molecule has 0 heterocycles. The first-order valence-corrected chi connectivity index (χ1v) is 9.06. The molecule has 0 saturated heterocycles. The van der Waals surface area contributed by atoms with E-state index in [2.05, 4.69) is 18.7 Å². The highest BCUT2D eigenvalue weighted by atomic mass is 16.6. The van der Waals surface area contributed by atoms with E-state index in [0.29, 0.717) is 19.3 Å². The molecule has 0 aliphatic heterocycles. The molecule has 4 heteroatoms. The summed E-state index contributed by atoms with van der Waals surface area (Å²) in [5.41, 5.74) is 2.65. The molecular formula is C23H27NO3. The Hall–Kier alpha value is -2.88. The second-order valence-corrected chi connectivity index (χ2v) is 7.44. The van der Waals surface area contributed by atoms with Gasteiger partial charge in [-0.1, -0.05) is 60.7 Å². The minimum absolute atomic E-state index is 0.336. The molecule has 0 saturated carbocycles. The smallest absolute Gasteiger partial charge is 0.417 e. The molecule has 1 atom stereocenters. The molecule has 0 radical (unpaired) electrons. The summed E-state index contributed by atoms with van der Waals surface area (Å²) in [5.74, 6) is 0. The lowest BCUT2D eigenvalue weighted by molar-refractivity contribution is -0.119. The van der Waals surface area contributed by atoms with Crippen molar-refractivity contribution < 1.29 is 14.3 Å². The Balaban J connectivity index is 2.15. The van der Waals surface area contributed by atoms with E-state index in [1.807, 2.05) is 42.5 Å². The molecule has 0 spiro atoms. The molecule has 4 nitrogen and oxygen atoms in total. The molecular weight excluding hydrogens is 338 g/mol. The predicted octanol–water partition coefficient (Wildman–Crippen LogP) is 5.23. The average Bonchev–Trinajstić information content (AvgIpc) is 2.62. The van der Waals surface area contributed by atoms with Crippen LogP contribution in [0.1, 0.15) is 32.8 Å². The monoisotopic (exact) mass is 365 g/mol. The highest BCUT2D eigenvalue weighted by Gasteiger charge is 2.27. The van der Waals surface area contributed by atoms with Crippen LogP contribution in [-0.4, -0.2) is 29.0 Å². The van der Waals surface area contributed by atoms with Crippen LogP contribution in [-0.2, 0) is 16.0 Å². The second-order valence-electron chi connectivity index (χ2n) is 7.44. The zero-order chi connectivity index (χ0) is 19.9. The minimum atomic E-state index is -0.658. The van der Waals surface area contributed by atoms with Crippen LogP contribution in [0, 0.1) is 0 Å². The van der Waals surface area contributed by atoms with Gasteiger partial charge in [-0.15, -0.1) is 6.58 Å². The van der Waals surface area contributed by atoms with E-state index in [1.165, 1.54) is 0 Å². The number of ether oxygens (including phenoxy) is 1. The predicted molar refractivity (Wildman–Crippen MR) is 108 cm³/mol. The summed E-state index contributed by atoms with van der Waals surface area (Å²) in [5, 5.41) is 0. The Bertz CT molecular complexity index is 760. The number of hydrogen-bond donors (Lipinski definition) is 0. The number of imide groups is 1. The Morgan fingerprint density at radius 1 is 1.07 bits per heavy atom. The fourth-order valence-corrected chi connectivity index (χ4v) is 2.82. The Labute approximate surface area is 161 Å². The van der Waals surface area contributed by atoms with Gasteiger partial charge in [0.1, 0.15) is 5.60 Å². The molecule has 0 N–H and O–H groups in total. The third kappa shape index (κ3) is 6.10. The summed E-state index contributed by atoms with van der Waals surface area (Å²) in [6, 6.07) is 17.9. The molecule has 142 valence electrons. The number of hydrogen-bond acceptors (Lipinski definition) is 3. The molecule has 0 aromatic heterocycles. The maximum Gasteiger partial charge on any atom is 0.417 e. The van der Waals surface area contributed by atoms with E-state index >= 15 is 0 Å². The first-order valence-electron chi connectivity index (χ1n) is 9.06. The maximum atomic E-state index is 12.4. The molecule has 27 heavy (non-hydrogen) atoms. The van der Waals surface area contributed by atoms with Gasteiger partial charge in [0.2, 0.25) is 6.41 Å². The fourth-order valence-electron chi connectivity index (χ4n) is 2.82. The normalized spacial score (nSPS) is 12.1. The van der Waals surface area contributed by atoms with Crippen molar-refractivity contribution in [3.8, 4) is 11.1 Å². The lowest BCUT2D eigenvalue weighted by Crippen LogP contribution is -2.43. The van der Waals surface area contributed by atoms with Gasteiger partial charge in [0.25, 0.3) is 0 Å². The van der Waals surface area contributed by atoms with Crippen LogP contribution in [0.4, 0.5) is 4.79 Å². The zero-order valence-electron chi connectivity index (χ0n) is 16.2. The summed E-state index contributed by atoms with van der Waals surface area (Å²) < 4.78 is 5.35. The number of benzene rings is 2. The van der Waals surface area contributed by atoms with Crippen LogP contribution in [0.15, 0.2) is 67.3 Å². The standard InChI is InChI=1S/C23H27NO3/c1-5-9-21(24(17-25)22(26)27-23(2,3)4)16-18-12-14-20(15-13-18)19-10-7-6-8-11-19/h5-8,10-15,17,21H,1,9,16H2,2-4H3/t21-/m0/s1. The van der Waals surface area contributed by atoms with Crippen molar-refractivity contribution in [2.75, 3.05) is 0 Å². The van der Waals surface area contributed by atoms with Crippen LogP contribution < -0.4 is 0 Å². The highest BCUT2D eigenvalue weighted by Crippen LogP contribution is 2.21. The number of nitrogens with zero attached hydrogens (tertiary/aromatic N) is 1. The second kappa shape index (κ2) is 9.17. The molecule has 2 aromatic rings. The Morgan fingerprint density at radius 3 is 2.19 bits per heavy atom. The average molecular weight is 365 g/mol. The van der Waals surface area contributed by atoms with Gasteiger partial charge in [-0.3, -0.25) is 4.79 Å². The van der Waals surface area contributed by atoms with E-state index in [0.717, 1.165) is 21.6 Å². The lowest BCUT2D eigenvalue weighted by atomic mass is 9.99. The number of amides is 2. The Morgan fingerprint density at radius 2 is 1.67 bits per heavy atom. The van der Waals surface area contributed by atoms with Gasteiger partial charge in [-0.2, -0.15) is 0 Å². The number of carbonyl (C=O) groups is 2. The third-order valence-corrected chi connectivity index (χ3v) is 4.08. The summed E-state index contributed by atoms with van der Waals surface area (Å²) in [4.78, 5) is 25.1. The van der Waals surface area contributed by atoms with Gasteiger partial charge in [-0.05, 0) is 50.3 Å². The van der Waals surface area contributed by atoms with E-state index in [1.54, 1.807) is 26.8 Å². The highest BCUT2D eigenvalue weighted by molar-refractivity contribution is 5.81. The molecule has 2 aromatic carbocycles. The third-order valence-electron chi connectivity index (χ3n) is 4.08. The molecule has 0 aliphatic rings. The quantitative estimate of drug-likeness (QED) is 0.498. The van der Waals surface area contributed by atoms with Crippen LogP contribution in [0.3, 0.4) is 0 Å². The summed E-state index contributed by atoms with van der Waals surface area (Å²) in [6.45, 7) is 9.08. The van der Waals surface area contributed by atoms with Crippen LogP contribution in [0.5, 0.6) is 0 Å². The number of carbonyl (C=O) groups excluding carboxylic acids is 2. The summed E-state index contributed by atoms with van der Waals surface area (Å²) in [6.07, 6.45) is 2.66. The van der Waals surface area contributed by atoms with Crippen molar-refractivity contribution in [3.05, 3.63) is 72.8 Å². The van der Waals surface area contributed by atoms with Gasteiger partial charge in [0, 0.05) is 0 Å². The van der Waals surface area contributed by atoms with Crippen LogP contribution in [0.25, 0.3) is 11.1 Å². The van der Waals surface area contributed by atoms with E-state index in [9.17, 15) is 9.59 Å². The van der Waals surface area contributed by atoms with Gasteiger partial charge < -0.3 is 4.74 Å². The van der Waals surface area contributed by atoms with Crippen molar-refractivity contribution in [2.45, 2.75) is 45.3 Å². The molecule has 2 rings (SSSR count). The van der Waals surface area contributed by atoms with Crippen molar-refractivity contribution in [1.29, 1.82) is 0 Å². The maximum absolute atomic E-state index is 12.4. The summed E-state index contributed by atoms with van der Waals surface area (Å²) >= 11 is 0. The van der Waals surface area contributed by atoms with Gasteiger partial charge in [0.05, 0.1) is 6.04 Å².